The predicted molar refractivity (Wildman–Crippen MR) is 84.4 cm³/mol. The van der Waals surface area contributed by atoms with Gasteiger partial charge in [0.15, 0.2) is 6.61 Å². The maximum atomic E-state index is 8.50. The summed E-state index contributed by atoms with van der Waals surface area (Å²) < 4.78 is 5.28. The number of nitrogens with one attached hydrogen (secondary N) is 1. The van der Waals surface area contributed by atoms with Crippen molar-refractivity contribution in [2.24, 2.45) is 0 Å². The maximum Gasteiger partial charge on any atom is 0.174 e. The van der Waals surface area contributed by atoms with Crippen molar-refractivity contribution in [1.82, 2.24) is 5.32 Å². The van der Waals surface area contributed by atoms with Crippen molar-refractivity contribution in [3.8, 4) is 11.8 Å². The van der Waals surface area contributed by atoms with Gasteiger partial charge in [-0.1, -0.05) is 35.9 Å². The molecule has 0 saturated heterocycles. The lowest BCUT2D eigenvalue weighted by atomic mass is 10.1. The third-order valence-corrected chi connectivity index (χ3v) is 3.29. The minimum atomic E-state index is 0.0768. The molecular formula is C17H17ClN2O. The standard InChI is InChI=1S/C17H17ClN2O/c18-16-6-4-14(5-7-16)8-10-20-13-15-2-1-3-17(12-15)21-11-9-19/h1-7,12,20H,8,10-11,13H2. The molecule has 2 aromatic rings. The molecule has 1 N–H and O–H groups in total. The fourth-order valence-corrected chi connectivity index (χ4v) is 2.10. The van der Waals surface area contributed by atoms with Crippen LogP contribution in [-0.2, 0) is 13.0 Å². The maximum absolute atomic E-state index is 8.50. The smallest absolute Gasteiger partial charge is 0.174 e. The van der Waals surface area contributed by atoms with Gasteiger partial charge in [-0.05, 0) is 48.4 Å². The van der Waals surface area contributed by atoms with Crippen LogP contribution in [0.15, 0.2) is 48.5 Å². The lowest BCUT2D eigenvalue weighted by molar-refractivity contribution is 0.367. The fraction of sp³-hybridized carbons (Fsp3) is 0.235. The van der Waals surface area contributed by atoms with Crippen molar-refractivity contribution >= 4 is 11.6 Å². The summed E-state index contributed by atoms with van der Waals surface area (Å²) in [5.41, 5.74) is 2.40. The van der Waals surface area contributed by atoms with Crippen LogP contribution in [0.3, 0.4) is 0 Å². The molecule has 4 heteroatoms. The predicted octanol–water partition coefficient (Wildman–Crippen LogP) is 3.57. The van der Waals surface area contributed by atoms with Crippen LogP contribution in [0.4, 0.5) is 0 Å². The summed E-state index contributed by atoms with van der Waals surface area (Å²) in [7, 11) is 0. The second kappa shape index (κ2) is 8.31. The van der Waals surface area contributed by atoms with Gasteiger partial charge in [0.05, 0.1) is 0 Å². The second-order valence-corrected chi connectivity index (χ2v) is 5.08. The van der Waals surface area contributed by atoms with Crippen LogP contribution in [0.1, 0.15) is 11.1 Å². The van der Waals surface area contributed by atoms with Crippen LogP contribution in [0, 0.1) is 11.3 Å². The first-order chi connectivity index (χ1) is 10.3. The molecule has 0 amide bonds. The van der Waals surface area contributed by atoms with Gasteiger partial charge >= 0.3 is 0 Å². The largest absolute Gasteiger partial charge is 0.479 e. The van der Waals surface area contributed by atoms with Crippen molar-refractivity contribution in [2.45, 2.75) is 13.0 Å². The highest BCUT2D eigenvalue weighted by molar-refractivity contribution is 6.30. The van der Waals surface area contributed by atoms with E-state index in [1.54, 1.807) is 0 Å². The van der Waals surface area contributed by atoms with Crippen LogP contribution in [-0.4, -0.2) is 13.2 Å². The Morgan fingerprint density at radius 3 is 2.67 bits per heavy atom. The highest BCUT2D eigenvalue weighted by Gasteiger charge is 1.98. The van der Waals surface area contributed by atoms with E-state index in [2.05, 4.69) is 5.32 Å². The first-order valence-corrected chi connectivity index (χ1v) is 7.19. The van der Waals surface area contributed by atoms with Crippen LogP contribution in [0.5, 0.6) is 5.75 Å². The Hall–Kier alpha value is -2.02. The molecule has 0 aliphatic rings. The summed E-state index contributed by atoms with van der Waals surface area (Å²) in [5.74, 6) is 0.730. The third-order valence-electron chi connectivity index (χ3n) is 3.03. The molecule has 0 spiro atoms. The molecule has 108 valence electrons. The van der Waals surface area contributed by atoms with E-state index in [9.17, 15) is 0 Å². The Labute approximate surface area is 130 Å². The minimum absolute atomic E-state index is 0.0768. The van der Waals surface area contributed by atoms with E-state index in [4.69, 9.17) is 21.6 Å². The zero-order valence-electron chi connectivity index (χ0n) is 11.7. The summed E-state index contributed by atoms with van der Waals surface area (Å²) in [4.78, 5) is 0. The molecule has 0 heterocycles. The first kappa shape index (κ1) is 15.4. The number of benzene rings is 2. The van der Waals surface area contributed by atoms with E-state index in [0.717, 1.165) is 35.8 Å². The molecule has 0 unspecified atom stereocenters. The van der Waals surface area contributed by atoms with E-state index in [-0.39, 0.29) is 6.61 Å². The molecule has 0 aliphatic carbocycles. The summed E-state index contributed by atoms with van der Waals surface area (Å²) in [6, 6.07) is 17.6. The van der Waals surface area contributed by atoms with Crippen molar-refractivity contribution in [1.29, 1.82) is 5.26 Å². The van der Waals surface area contributed by atoms with Gasteiger partial charge in [0.2, 0.25) is 0 Å². The van der Waals surface area contributed by atoms with Gasteiger partial charge in [0, 0.05) is 11.6 Å². The third kappa shape index (κ3) is 5.47. The van der Waals surface area contributed by atoms with Crippen LogP contribution < -0.4 is 10.1 Å². The number of halogens is 1. The SMILES string of the molecule is N#CCOc1cccc(CNCCc2ccc(Cl)cc2)c1. The Morgan fingerprint density at radius 1 is 1.10 bits per heavy atom. The molecule has 0 radical (unpaired) electrons. The topological polar surface area (TPSA) is 45.0 Å². The molecule has 2 rings (SSSR count). The lowest BCUT2D eigenvalue weighted by Gasteiger charge is -2.07. The van der Waals surface area contributed by atoms with Crippen molar-refractivity contribution in [3.63, 3.8) is 0 Å². The molecule has 21 heavy (non-hydrogen) atoms. The van der Waals surface area contributed by atoms with E-state index in [1.807, 2.05) is 54.6 Å². The Balaban J connectivity index is 1.75. The zero-order valence-corrected chi connectivity index (χ0v) is 12.4. The average molecular weight is 301 g/mol. The van der Waals surface area contributed by atoms with Crippen molar-refractivity contribution in [3.05, 3.63) is 64.7 Å². The Morgan fingerprint density at radius 2 is 1.90 bits per heavy atom. The average Bonchev–Trinajstić information content (AvgIpc) is 2.52. The number of nitrogens with zero attached hydrogens (tertiary/aromatic N) is 1. The van der Waals surface area contributed by atoms with Gasteiger partial charge in [0.25, 0.3) is 0 Å². The molecule has 0 aliphatic heterocycles. The molecular weight excluding hydrogens is 284 g/mol. The van der Waals surface area contributed by atoms with Crippen molar-refractivity contribution in [2.75, 3.05) is 13.2 Å². The van der Waals surface area contributed by atoms with Crippen LogP contribution in [0.25, 0.3) is 0 Å². The number of rotatable bonds is 7. The summed E-state index contributed by atoms with van der Waals surface area (Å²) in [5, 5.41) is 12.7. The number of hydrogen-bond acceptors (Lipinski definition) is 3. The molecule has 0 bridgehead atoms. The van der Waals surface area contributed by atoms with Gasteiger partial charge in [-0.3, -0.25) is 0 Å². The normalized spacial score (nSPS) is 10.1. The minimum Gasteiger partial charge on any atom is -0.479 e. The Bertz CT molecular complexity index is 605. The van der Waals surface area contributed by atoms with Crippen molar-refractivity contribution < 1.29 is 4.74 Å². The molecule has 0 fully saturated rings. The number of hydrogen-bond donors (Lipinski definition) is 1. The van der Waals surface area contributed by atoms with Gasteiger partial charge in [-0.2, -0.15) is 5.26 Å². The van der Waals surface area contributed by atoms with E-state index in [0.29, 0.717) is 0 Å². The molecule has 0 aromatic heterocycles. The summed E-state index contributed by atoms with van der Waals surface area (Å²) in [6.07, 6.45) is 0.960. The molecule has 3 nitrogen and oxygen atoms in total. The Kier molecular flexibility index (Phi) is 6.08. The summed E-state index contributed by atoms with van der Waals surface area (Å²) in [6.45, 7) is 1.75. The van der Waals surface area contributed by atoms with Gasteiger partial charge in [0.1, 0.15) is 11.8 Å². The van der Waals surface area contributed by atoms with E-state index in [1.165, 1.54) is 5.56 Å². The monoisotopic (exact) mass is 300 g/mol. The number of ether oxygens (including phenoxy) is 1. The van der Waals surface area contributed by atoms with Gasteiger partial charge in [-0.25, -0.2) is 0 Å². The molecule has 0 saturated carbocycles. The quantitative estimate of drug-likeness (QED) is 0.795. The summed E-state index contributed by atoms with van der Waals surface area (Å²) >= 11 is 5.86. The fourth-order valence-electron chi connectivity index (χ4n) is 1.98. The number of nitriles is 1. The van der Waals surface area contributed by atoms with Gasteiger partial charge in [-0.15, -0.1) is 0 Å². The molecule has 0 atom stereocenters. The van der Waals surface area contributed by atoms with E-state index < -0.39 is 0 Å². The van der Waals surface area contributed by atoms with Crippen LogP contribution in [0.2, 0.25) is 5.02 Å². The van der Waals surface area contributed by atoms with E-state index >= 15 is 0 Å². The molecule has 2 aromatic carbocycles. The van der Waals surface area contributed by atoms with Crippen LogP contribution >= 0.6 is 11.6 Å². The zero-order chi connectivity index (χ0) is 14.9. The van der Waals surface area contributed by atoms with Gasteiger partial charge < -0.3 is 10.1 Å². The second-order valence-electron chi connectivity index (χ2n) is 4.65. The lowest BCUT2D eigenvalue weighted by Crippen LogP contribution is -2.16. The highest BCUT2D eigenvalue weighted by atomic mass is 35.5. The highest BCUT2D eigenvalue weighted by Crippen LogP contribution is 2.13. The first-order valence-electron chi connectivity index (χ1n) is 6.82.